The second-order valence-corrected chi connectivity index (χ2v) is 278. The first kappa shape index (κ1) is 45.6. The van der Waals surface area contributed by atoms with Crippen molar-refractivity contribution < 1.29 is 25.3 Å². The zero-order valence-electron chi connectivity index (χ0n) is 42.0. The van der Waals surface area contributed by atoms with Crippen LogP contribution in [0.15, 0.2) is 85.0 Å². The van der Waals surface area contributed by atoms with Gasteiger partial charge in [-0.1, -0.05) is 0 Å². The standard InChI is InChI=1S/C17H21.C16H19.2C5H5.14CH3.2Hf/c1-2-3-4-6-13-9-10-16-11-14-7-5-8-15(14)12-17(13)16;1-16(2,3)15-8-7-13-9-11-5-4-6-12(11)10-14(13)15;2*1-2-4-5-3-1;;;;;;;;;;;;;;;;/h9-12H,2-8H2,1H3;7-10H,4-6H2,1-3H3;2*1-5H;14*1H3;;. The van der Waals surface area contributed by atoms with Gasteiger partial charge in [0.25, 0.3) is 0 Å². The average molecular weight is 1130 g/mol. The first-order chi connectivity index (χ1) is 25.6. The minimum absolute atomic E-state index is 0.0418. The van der Waals surface area contributed by atoms with E-state index < -0.39 is 25.3 Å². The van der Waals surface area contributed by atoms with Gasteiger partial charge in [-0.05, 0) is 0 Å². The van der Waals surface area contributed by atoms with E-state index in [2.05, 4.69) is 190 Å². The fourth-order valence-electron chi connectivity index (χ4n) is 18.3. The molecule has 0 bridgehead atoms. The Hall–Kier alpha value is -1.38. The van der Waals surface area contributed by atoms with E-state index in [-0.39, 0.29) is 15.4 Å². The van der Waals surface area contributed by atoms with Crippen LogP contribution in [-0.4, -0.2) is 0 Å². The second kappa shape index (κ2) is 7.93. The number of allylic oxidation sites excluding steroid dienone is 10. The number of benzene rings is 2. The Labute approximate surface area is 340 Å². The molecule has 2 aromatic carbocycles. The van der Waals surface area contributed by atoms with Crippen LogP contribution in [0, 0.1) is 5.41 Å². The number of unbranched alkanes of at least 4 members (excludes halogenated alkanes) is 2. The van der Waals surface area contributed by atoms with E-state index in [0.717, 1.165) is 0 Å². The van der Waals surface area contributed by atoms with Crippen molar-refractivity contribution in [2.24, 2.45) is 5.41 Å². The normalized spacial score (nSPS) is 31.1. The predicted molar refractivity (Wildman–Crippen MR) is 268 cm³/mol. The maximum absolute atomic E-state index is 6.76. The molecule has 0 aliphatic heterocycles. The molecule has 2 heteroatoms. The number of aryl methyl sites for hydroxylation is 4. The Morgan fingerprint density at radius 3 is 1.47 bits per heavy atom. The van der Waals surface area contributed by atoms with Crippen LogP contribution in [0.5, 0.6) is 0 Å². The molecule has 2 atom stereocenters. The molecular formula is C57H92Hf2. The summed E-state index contributed by atoms with van der Waals surface area (Å²) in [5.41, 5.74) is 12.5. The first-order valence-corrected chi connectivity index (χ1v) is 82.8. The molecule has 328 valence electrons. The van der Waals surface area contributed by atoms with E-state index >= 15 is 0 Å². The summed E-state index contributed by atoms with van der Waals surface area (Å²) in [6, 6.07) is 10.4. The van der Waals surface area contributed by atoms with Gasteiger partial charge in [0.2, 0.25) is 0 Å². The van der Waals surface area contributed by atoms with Gasteiger partial charge in [0.05, 0.1) is 0 Å². The van der Waals surface area contributed by atoms with Gasteiger partial charge in [0.15, 0.2) is 0 Å². The van der Waals surface area contributed by atoms with Crippen LogP contribution >= 0.6 is 0 Å². The van der Waals surface area contributed by atoms with E-state index in [0.29, 0.717) is 3.67 Å². The number of fused-ring (bicyclic) bond motifs is 4. The average Bonchev–Trinajstić information content (AvgIpc) is 3.88. The molecule has 0 aromatic heterocycles. The summed E-state index contributed by atoms with van der Waals surface area (Å²) in [5, 5.41) is 0. The summed E-state index contributed by atoms with van der Waals surface area (Å²) in [6.07, 6.45) is 42.4. The Morgan fingerprint density at radius 1 is 0.576 bits per heavy atom. The Balaban J connectivity index is 0.000000180. The molecule has 0 fully saturated rings. The third-order valence-corrected chi connectivity index (χ3v) is 112. The van der Waals surface area contributed by atoms with Crippen molar-refractivity contribution in [3.05, 3.63) is 130 Å². The van der Waals surface area contributed by atoms with Crippen molar-refractivity contribution in [1.29, 1.82) is 0 Å². The van der Waals surface area contributed by atoms with Gasteiger partial charge in [0, 0.05) is 0 Å². The second-order valence-electron chi connectivity index (χ2n) is 45.7. The number of hydrogen-bond donors (Lipinski definition) is 0. The molecule has 0 saturated carbocycles. The molecule has 0 radical (unpaired) electrons. The van der Waals surface area contributed by atoms with Gasteiger partial charge < -0.3 is 0 Å². The van der Waals surface area contributed by atoms with E-state index in [1.807, 2.05) is 0 Å². The van der Waals surface area contributed by atoms with E-state index in [1.165, 1.54) is 75.3 Å². The van der Waals surface area contributed by atoms with Crippen LogP contribution < -0.4 is 0 Å². The molecule has 6 aliphatic rings. The molecule has 0 amide bonds. The predicted octanol–water partition coefficient (Wildman–Crippen LogP) is 19.6. The van der Waals surface area contributed by atoms with Gasteiger partial charge in [-0.25, -0.2) is 0 Å². The molecule has 59 heavy (non-hydrogen) atoms. The summed E-state index contributed by atoms with van der Waals surface area (Å²) in [7, 11) is -6.76. The van der Waals surface area contributed by atoms with Crippen molar-refractivity contribution in [3.63, 3.8) is 0 Å². The molecule has 2 unspecified atom stereocenters. The molecular weight excluding hydrogens is 1040 g/mol. The molecule has 0 heterocycles. The Kier molecular flexibility index (Phi) is 6.13. The van der Waals surface area contributed by atoms with Crippen molar-refractivity contribution in [3.8, 4) is 0 Å². The molecule has 0 saturated heterocycles. The SMILES string of the molecule is CC(C)(C)[C]1([Hf]([CH3])([CH3])([CH3])([CH3])([CH3])([CH3])([CH3])([CH3])([CH3])[CH]2C=CC=C2)C=Cc2cc3c(cc21)CCC3.CCCCC[C]1([Hf]([CH3])([CH3])([CH3])([CH3])([CH3])[CH]2C=CC=C2)C=Cc2cc3c(cc21)CCC3. The van der Waals surface area contributed by atoms with Gasteiger partial charge in [-0.3, -0.25) is 0 Å². The maximum atomic E-state index is 2.76. The van der Waals surface area contributed by atoms with E-state index in [1.54, 1.807) is 33.4 Å². The molecule has 2 aromatic rings. The minimum atomic E-state index is -6.76. The van der Waals surface area contributed by atoms with Gasteiger partial charge >= 0.3 is 343 Å². The van der Waals surface area contributed by atoms with Crippen LogP contribution in [-0.2, 0) is 57.3 Å². The summed E-state index contributed by atoms with van der Waals surface area (Å²) in [6.45, 7) is 9.80. The van der Waals surface area contributed by atoms with Crippen molar-refractivity contribution in [1.82, 2.24) is 0 Å². The summed E-state index contributed by atoms with van der Waals surface area (Å²) in [4.78, 5) is 0. The van der Waals surface area contributed by atoms with Crippen molar-refractivity contribution in [2.45, 2.75) is 171 Å². The molecule has 0 spiro atoms. The Bertz CT molecular complexity index is 2590. The molecule has 6 aliphatic carbocycles. The number of rotatable bonds is 8. The fourth-order valence-corrected chi connectivity index (χ4v) is 102. The van der Waals surface area contributed by atoms with Crippen LogP contribution in [0.4, 0.5) is 0 Å². The topological polar surface area (TPSA) is 0 Å². The van der Waals surface area contributed by atoms with Crippen LogP contribution in [0.3, 0.4) is 0 Å². The van der Waals surface area contributed by atoms with Gasteiger partial charge in [-0.15, -0.1) is 0 Å². The Morgan fingerprint density at radius 2 is 1.00 bits per heavy atom. The molecule has 0 N–H and O–H groups in total. The van der Waals surface area contributed by atoms with Gasteiger partial charge in [-0.2, -0.15) is 0 Å². The van der Waals surface area contributed by atoms with Gasteiger partial charge in [0.1, 0.15) is 0 Å². The zero-order valence-corrected chi connectivity index (χ0v) is 49.1. The third kappa shape index (κ3) is 5.48. The zero-order chi connectivity index (χ0) is 44.3. The van der Waals surface area contributed by atoms with Crippen LogP contribution in [0.25, 0.3) is 12.2 Å². The number of hydrogen-bond acceptors (Lipinski definition) is 0. The van der Waals surface area contributed by atoms with Crippen molar-refractivity contribution in [2.75, 3.05) is 0 Å². The first-order valence-electron chi connectivity index (χ1n) is 24.8. The molecule has 0 nitrogen and oxygen atoms in total. The van der Waals surface area contributed by atoms with E-state index in [9.17, 15) is 0 Å². The van der Waals surface area contributed by atoms with E-state index in [4.69, 9.17) is 0 Å². The van der Waals surface area contributed by atoms with Crippen molar-refractivity contribution >= 4 is 12.2 Å². The summed E-state index contributed by atoms with van der Waals surface area (Å²) < 4.78 is 39.3. The monoisotopic (exact) mass is 1140 g/mol. The summed E-state index contributed by atoms with van der Waals surface area (Å²) >= 11 is -4.49. The van der Waals surface area contributed by atoms with Crippen LogP contribution in [0.2, 0.25) is 72.9 Å². The fraction of sp³-hybridized carbons (Fsp3) is 0.579. The molecule has 8 rings (SSSR count). The summed E-state index contributed by atoms with van der Waals surface area (Å²) in [5.74, 6) is 0. The van der Waals surface area contributed by atoms with Crippen LogP contribution in [0.1, 0.15) is 111 Å². The quantitative estimate of drug-likeness (QED) is 0.183. The third-order valence-electron chi connectivity index (χ3n) is 21.6.